The minimum atomic E-state index is -0.430. The van der Waals surface area contributed by atoms with E-state index in [-0.39, 0.29) is 29.1 Å². The van der Waals surface area contributed by atoms with E-state index in [9.17, 15) is 9.18 Å². The first-order chi connectivity index (χ1) is 16.0. The lowest BCUT2D eigenvalue weighted by molar-refractivity contribution is 0.0671. The van der Waals surface area contributed by atoms with Crippen molar-refractivity contribution in [2.24, 2.45) is 0 Å². The Morgan fingerprint density at radius 3 is 2.73 bits per heavy atom. The number of fused-ring (bicyclic) bond motifs is 2. The number of hydrogen-bond acceptors (Lipinski definition) is 4. The van der Waals surface area contributed by atoms with Crippen molar-refractivity contribution < 1.29 is 13.6 Å². The molecule has 0 bridgehead atoms. The van der Waals surface area contributed by atoms with E-state index in [1.165, 1.54) is 17.2 Å². The maximum atomic E-state index is 14.5. The average molecular weight is 506 g/mol. The molecule has 5 nitrogen and oxygen atoms in total. The van der Waals surface area contributed by atoms with E-state index in [1.807, 2.05) is 23.1 Å². The molecule has 166 valence electrons. The zero-order chi connectivity index (χ0) is 22.7. The number of pyridine rings is 1. The normalized spacial score (nSPS) is 17.9. The van der Waals surface area contributed by atoms with Gasteiger partial charge in [0.05, 0.1) is 11.6 Å². The van der Waals surface area contributed by atoms with Gasteiger partial charge in [-0.3, -0.25) is 4.79 Å². The van der Waals surface area contributed by atoms with Crippen LogP contribution in [0.3, 0.4) is 0 Å². The molecule has 6 rings (SSSR count). The second-order valence-electron chi connectivity index (χ2n) is 8.79. The first-order valence-electron chi connectivity index (χ1n) is 11.2. The lowest BCUT2D eigenvalue weighted by Gasteiger charge is -2.35. The topological polar surface area (TPSA) is 59.2 Å². The molecule has 1 saturated carbocycles. The molecule has 0 spiro atoms. The first-order valence-corrected chi connectivity index (χ1v) is 11.9. The highest BCUT2D eigenvalue weighted by atomic mass is 79.9. The monoisotopic (exact) mass is 505 g/mol. The number of carbonyl (C=O) groups is 1. The van der Waals surface area contributed by atoms with Gasteiger partial charge in [-0.25, -0.2) is 14.4 Å². The minimum absolute atomic E-state index is 0.0357. The van der Waals surface area contributed by atoms with Gasteiger partial charge in [0, 0.05) is 11.0 Å². The maximum absolute atomic E-state index is 14.5. The van der Waals surface area contributed by atoms with Crippen molar-refractivity contribution in [1.82, 2.24) is 14.9 Å². The minimum Gasteiger partial charge on any atom is -0.418 e. The summed E-state index contributed by atoms with van der Waals surface area (Å²) in [6, 6.07) is 14.8. The van der Waals surface area contributed by atoms with Gasteiger partial charge in [-0.15, -0.1) is 0 Å². The zero-order valence-electron chi connectivity index (χ0n) is 18.0. The molecule has 1 aliphatic heterocycles. The molecule has 1 atom stereocenters. The van der Waals surface area contributed by atoms with Crippen molar-refractivity contribution in [2.45, 2.75) is 38.1 Å². The lowest BCUT2D eigenvalue weighted by atomic mass is 9.93. The fourth-order valence-corrected chi connectivity index (χ4v) is 5.06. The molecule has 33 heavy (non-hydrogen) atoms. The molecule has 0 saturated heterocycles. The Hall–Kier alpha value is -3.06. The van der Waals surface area contributed by atoms with Gasteiger partial charge in [-0.1, -0.05) is 40.2 Å². The Kier molecular flexibility index (Phi) is 4.83. The van der Waals surface area contributed by atoms with Crippen LogP contribution in [0.2, 0.25) is 0 Å². The van der Waals surface area contributed by atoms with Crippen molar-refractivity contribution in [3.8, 4) is 11.5 Å². The van der Waals surface area contributed by atoms with Gasteiger partial charge in [0.15, 0.2) is 0 Å². The summed E-state index contributed by atoms with van der Waals surface area (Å²) >= 11 is 3.28. The quantitative estimate of drug-likeness (QED) is 0.322. The molecule has 2 aliphatic rings. The highest BCUT2D eigenvalue weighted by Crippen LogP contribution is 2.44. The van der Waals surface area contributed by atoms with E-state index in [4.69, 9.17) is 4.42 Å². The molecule has 2 aromatic carbocycles. The fourth-order valence-electron chi connectivity index (χ4n) is 4.72. The van der Waals surface area contributed by atoms with E-state index in [1.54, 1.807) is 12.1 Å². The zero-order valence-corrected chi connectivity index (χ0v) is 19.6. The van der Waals surface area contributed by atoms with Crippen LogP contribution in [0.1, 0.15) is 58.9 Å². The van der Waals surface area contributed by atoms with E-state index in [0.29, 0.717) is 28.1 Å². The molecular formula is C26H21BrFN3O2. The van der Waals surface area contributed by atoms with Gasteiger partial charge in [0.25, 0.3) is 5.91 Å². The summed E-state index contributed by atoms with van der Waals surface area (Å²) < 4.78 is 21.1. The summed E-state index contributed by atoms with van der Waals surface area (Å²) in [5, 5.41) is 0. The Morgan fingerprint density at radius 1 is 1.12 bits per heavy atom. The van der Waals surface area contributed by atoms with Crippen molar-refractivity contribution in [2.75, 3.05) is 6.54 Å². The predicted octanol–water partition coefficient (Wildman–Crippen LogP) is 6.43. The first kappa shape index (κ1) is 20.5. The van der Waals surface area contributed by atoms with Crippen LogP contribution in [-0.2, 0) is 6.42 Å². The van der Waals surface area contributed by atoms with Gasteiger partial charge in [-0.2, -0.15) is 0 Å². The Bertz CT molecular complexity index is 1410. The average Bonchev–Trinajstić information content (AvgIpc) is 3.57. The lowest BCUT2D eigenvalue weighted by Crippen LogP contribution is -2.39. The molecule has 1 aliphatic carbocycles. The molecule has 2 aromatic heterocycles. The van der Waals surface area contributed by atoms with E-state index in [2.05, 4.69) is 45.0 Å². The third-order valence-electron chi connectivity index (χ3n) is 6.65. The number of nitrogens with zero attached hydrogens (tertiary/aromatic N) is 3. The number of carbonyl (C=O) groups excluding carboxylic acids is 1. The Balaban J connectivity index is 1.41. The van der Waals surface area contributed by atoms with Crippen LogP contribution in [0.5, 0.6) is 0 Å². The number of hydrogen-bond donors (Lipinski definition) is 0. The van der Waals surface area contributed by atoms with Crippen molar-refractivity contribution in [3.05, 3.63) is 81.2 Å². The van der Waals surface area contributed by atoms with Gasteiger partial charge in [0.2, 0.25) is 11.6 Å². The third kappa shape index (κ3) is 3.55. The van der Waals surface area contributed by atoms with Gasteiger partial charge in [-0.05, 0) is 73.1 Å². The molecule has 1 fully saturated rings. The molecule has 3 heterocycles. The van der Waals surface area contributed by atoms with Gasteiger partial charge >= 0.3 is 0 Å². The number of benzene rings is 2. The van der Waals surface area contributed by atoms with Crippen LogP contribution in [0.25, 0.3) is 22.7 Å². The number of oxazole rings is 1. The second kappa shape index (κ2) is 7.76. The predicted molar refractivity (Wildman–Crippen MR) is 126 cm³/mol. The molecule has 0 radical (unpaired) electrons. The Labute approximate surface area is 198 Å². The number of rotatable bonds is 3. The standard InChI is InChI=1S/C26H21BrFN3O2/c1-14-18-5-3-2-4-15(18)10-11-31(14)26(32)22-13-20(16-6-7-16)23-25(29-22)33-24(30-23)19-9-8-17(27)12-21(19)28/h2-5,8-9,12-14,16H,6-7,10-11H2,1H3/t14-/m1/s1. The van der Waals surface area contributed by atoms with E-state index < -0.39 is 5.82 Å². The Morgan fingerprint density at radius 2 is 1.94 bits per heavy atom. The SMILES string of the molecule is C[C@@H]1c2ccccc2CCN1C(=O)c1cc(C2CC2)c2nc(-c3ccc(Br)cc3F)oc2n1. The van der Waals surface area contributed by atoms with Crippen LogP contribution < -0.4 is 0 Å². The summed E-state index contributed by atoms with van der Waals surface area (Å²) in [4.78, 5) is 24.6. The van der Waals surface area contributed by atoms with Gasteiger partial charge < -0.3 is 9.32 Å². The maximum Gasteiger partial charge on any atom is 0.273 e. The number of amides is 1. The molecule has 0 unspecified atom stereocenters. The van der Waals surface area contributed by atoms with Crippen molar-refractivity contribution in [1.29, 1.82) is 0 Å². The van der Waals surface area contributed by atoms with Crippen LogP contribution in [0.15, 0.2) is 57.4 Å². The highest BCUT2D eigenvalue weighted by molar-refractivity contribution is 9.10. The number of halogens is 2. The molecule has 1 amide bonds. The molecule has 7 heteroatoms. The van der Waals surface area contributed by atoms with Gasteiger partial charge in [0.1, 0.15) is 17.0 Å². The largest absolute Gasteiger partial charge is 0.418 e. The van der Waals surface area contributed by atoms with Crippen molar-refractivity contribution in [3.63, 3.8) is 0 Å². The fraction of sp³-hybridized carbons (Fsp3) is 0.269. The van der Waals surface area contributed by atoms with Crippen LogP contribution in [-0.4, -0.2) is 27.3 Å². The second-order valence-corrected chi connectivity index (χ2v) is 9.71. The smallest absolute Gasteiger partial charge is 0.273 e. The third-order valence-corrected chi connectivity index (χ3v) is 7.14. The van der Waals surface area contributed by atoms with E-state index >= 15 is 0 Å². The summed E-state index contributed by atoms with van der Waals surface area (Å²) in [7, 11) is 0. The molecular weight excluding hydrogens is 485 g/mol. The van der Waals surface area contributed by atoms with Crippen molar-refractivity contribution >= 4 is 33.1 Å². The summed E-state index contributed by atoms with van der Waals surface area (Å²) in [5.74, 6) is -0.0434. The number of aromatic nitrogens is 2. The van der Waals surface area contributed by atoms with Crippen LogP contribution in [0, 0.1) is 5.82 Å². The summed E-state index contributed by atoms with van der Waals surface area (Å²) in [6.07, 6.45) is 2.89. The molecule has 4 aromatic rings. The highest BCUT2D eigenvalue weighted by Gasteiger charge is 2.33. The van der Waals surface area contributed by atoms with Crippen LogP contribution in [0.4, 0.5) is 4.39 Å². The summed E-state index contributed by atoms with van der Waals surface area (Å²) in [5.41, 5.74) is 4.94. The molecule has 0 N–H and O–H groups in total. The summed E-state index contributed by atoms with van der Waals surface area (Å²) in [6.45, 7) is 2.69. The van der Waals surface area contributed by atoms with Crippen LogP contribution >= 0.6 is 15.9 Å². The van der Waals surface area contributed by atoms with E-state index in [0.717, 1.165) is 24.8 Å².